The van der Waals surface area contributed by atoms with E-state index in [4.69, 9.17) is 4.74 Å². The standard InChI is InChI=1S/C31H41N3O5/c1-7-21-10-8-11-23(18-21)27(28(36)32-20(2)3)34(24-12-9-13-24)29(37)26(33-30(38)39-31(4,5)6)19-22-14-16-25(35)17-15-22/h7-8,10-11,14-18,20,24,26-27,35H,1,9,12-13,19H2,2-6H3,(H,32,36)(H,33,38). The van der Waals surface area contributed by atoms with Crippen LogP contribution in [0.5, 0.6) is 5.75 Å². The molecule has 0 aliphatic heterocycles. The summed E-state index contributed by atoms with van der Waals surface area (Å²) in [5, 5.41) is 15.5. The monoisotopic (exact) mass is 535 g/mol. The number of carbonyl (C=O) groups excluding carboxylic acids is 3. The van der Waals surface area contributed by atoms with Gasteiger partial charge in [0.1, 0.15) is 23.4 Å². The van der Waals surface area contributed by atoms with E-state index < -0.39 is 23.8 Å². The number of aromatic hydroxyl groups is 1. The number of carbonyl (C=O) groups is 3. The summed E-state index contributed by atoms with van der Waals surface area (Å²) in [5.74, 6) is -0.552. The number of alkyl carbamates (subject to hydrolysis) is 1. The second-order valence-corrected chi connectivity index (χ2v) is 11.3. The van der Waals surface area contributed by atoms with Crippen LogP contribution in [0, 0.1) is 0 Å². The first kappa shape index (κ1) is 29.7. The summed E-state index contributed by atoms with van der Waals surface area (Å²) in [6.07, 6.45) is 3.61. The minimum absolute atomic E-state index is 0.102. The Labute approximate surface area is 231 Å². The highest BCUT2D eigenvalue weighted by Crippen LogP contribution is 2.34. The lowest BCUT2D eigenvalue weighted by Gasteiger charge is -2.44. The number of hydrogen-bond donors (Lipinski definition) is 3. The first-order chi connectivity index (χ1) is 18.4. The molecule has 3 amide bonds. The molecule has 39 heavy (non-hydrogen) atoms. The predicted octanol–water partition coefficient (Wildman–Crippen LogP) is 5.12. The maximum absolute atomic E-state index is 14.4. The Morgan fingerprint density at radius 1 is 1.10 bits per heavy atom. The molecule has 1 aliphatic rings. The number of nitrogens with one attached hydrogen (secondary N) is 2. The van der Waals surface area contributed by atoms with Crippen LogP contribution in [0.15, 0.2) is 55.1 Å². The molecule has 8 heteroatoms. The molecule has 0 aromatic heterocycles. The van der Waals surface area contributed by atoms with Crippen LogP contribution in [0.25, 0.3) is 6.08 Å². The number of phenolic OH excluding ortho intramolecular Hbond substituents is 1. The van der Waals surface area contributed by atoms with Crippen LogP contribution < -0.4 is 10.6 Å². The third-order valence-electron chi connectivity index (χ3n) is 6.51. The summed E-state index contributed by atoms with van der Waals surface area (Å²) >= 11 is 0. The van der Waals surface area contributed by atoms with Gasteiger partial charge in [0.05, 0.1) is 0 Å². The Hall–Kier alpha value is -3.81. The minimum Gasteiger partial charge on any atom is -0.508 e. The second-order valence-electron chi connectivity index (χ2n) is 11.3. The molecule has 0 radical (unpaired) electrons. The van der Waals surface area contributed by atoms with Crippen molar-refractivity contribution in [3.8, 4) is 5.75 Å². The quantitative estimate of drug-likeness (QED) is 0.392. The van der Waals surface area contributed by atoms with Gasteiger partial charge in [0, 0.05) is 18.5 Å². The lowest BCUT2D eigenvalue weighted by atomic mass is 9.87. The van der Waals surface area contributed by atoms with Gasteiger partial charge < -0.3 is 25.4 Å². The summed E-state index contributed by atoms with van der Waals surface area (Å²) in [6.45, 7) is 12.9. The molecule has 8 nitrogen and oxygen atoms in total. The topological polar surface area (TPSA) is 108 Å². The van der Waals surface area contributed by atoms with E-state index in [9.17, 15) is 19.5 Å². The van der Waals surface area contributed by atoms with Crippen molar-refractivity contribution in [2.24, 2.45) is 0 Å². The molecule has 0 bridgehead atoms. The third-order valence-corrected chi connectivity index (χ3v) is 6.51. The van der Waals surface area contributed by atoms with Crippen LogP contribution in [0.1, 0.15) is 76.6 Å². The van der Waals surface area contributed by atoms with Crippen LogP contribution in [0.3, 0.4) is 0 Å². The number of nitrogens with zero attached hydrogens (tertiary/aromatic N) is 1. The fraction of sp³-hybridized carbons (Fsp3) is 0.452. The van der Waals surface area contributed by atoms with Gasteiger partial charge in [-0.05, 0) is 88.8 Å². The largest absolute Gasteiger partial charge is 0.508 e. The van der Waals surface area contributed by atoms with Crippen LogP contribution in [0.2, 0.25) is 0 Å². The fourth-order valence-corrected chi connectivity index (χ4v) is 4.54. The van der Waals surface area contributed by atoms with Crippen LogP contribution >= 0.6 is 0 Å². The summed E-state index contributed by atoms with van der Waals surface area (Å²) in [7, 11) is 0. The first-order valence-electron chi connectivity index (χ1n) is 13.5. The summed E-state index contributed by atoms with van der Waals surface area (Å²) in [6, 6.07) is 11.7. The van der Waals surface area contributed by atoms with Crippen molar-refractivity contribution in [1.82, 2.24) is 15.5 Å². The molecule has 3 N–H and O–H groups in total. The van der Waals surface area contributed by atoms with Crippen LogP contribution in [-0.2, 0) is 20.7 Å². The van der Waals surface area contributed by atoms with Crippen molar-refractivity contribution in [3.05, 3.63) is 71.8 Å². The molecule has 0 spiro atoms. The molecule has 3 rings (SSSR count). The molecule has 0 saturated heterocycles. The Morgan fingerprint density at radius 2 is 1.77 bits per heavy atom. The van der Waals surface area contributed by atoms with E-state index in [-0.39, 0.29) is 36.1 Å². The highest BCUT2D eigenvalue weighted by molar-refractivity contribution is 5.92. The Bertz CT molecular complexity index is 1170. The van der Waals surface area contributed by atoms with E-state index in [1.807, 2.05) is 38.1 Å². The lowest BCUT2D eigenvalue weighted by Crippen LogP contribution is -2.58. The minimum atomic E-state index is -0.998. The van der Waals surface area contributed by atoms with E-state index in [1.165, 1.54) is 12.1 Å². The maximum atomic E-state index is 14.4. The van der Waals surface area contributed by atoms with E-state index in [0.29, 0.717) is 5.56 Å². The molecule has 1 saturated carbocycles. The predicted molar refractivity (Wildman–Crippen MR) is 152 cm³/mol. The smallest absolute Gasteiger partial charge is 0.408 e. The lowest BCUT2D eigenvalue weighted by molar-refractivity contribution is -0.147. The van der Waals surface area contributed by atoms with Crippen molar-refractivity contribution >= 4 is 24.0 Å². The van der Waals surface area contributed by atoms with E-state index in [1.54, 1.807) is 43.9 Å². The highest BCUT2D eigenvalue weighted by atomic mass is 16.6. The molecule has 0 heterocycles. The summed E-state index contributed by atoms with van der Waals surface area (Å²) < 4.78 is 5.48. The number of amides is 3. The van der Waals surface area contributed by atoms with Crippen molar-refractivity contribution < 1.29 is 24.2 Å². The van der Waals surface area contributed by atoms with Gasteiger partial charge in [-0.3, -0.25) is 9.59 Å². The van der Waals surface area contributed by atoms with Crippen LogP contribution in [0.4, 0.5) is 4.79 Å². The highest BCUT2D eigenvalue weighted by Gasteiger charge is 2.42. The van der Waals surface area contributed by atoms with Crippen molar-refractivity contribution in [3.63, 3.8) is 0 Å². The van der Waals surface area contributed by atoms with Gasteiger partial charge in [-0.1, -0.05) is 43.0 Å². The average molecular weight is 536 g/mol. The molecule has 210 valence electrons. The normalized spacial score (nSPS) is 15.0. The maximum Gasteiger partial charge on any atom is 0.408 e. The molecular weight excluding hydrogens is 494 g/mol. The zero-order chi connectivity index (χ0) is 28.7. The second kappa shape index (κ2) is 12.8. The first-order valence-corrected chi connectivity index (χ1v) is 13.5. The molecule has 2 atom stereocenters. The van der Waals surface area contributed by atoms with Crippen LogP contribution in [-0.4, -0.2) is 51.6 Å². The van der Waals surface area contributed by atoms with Gasteiger partial charge >= 0.3 is 6.09 Å². The zero-order valence-electron chi connectivity index (χ0n) is 23.6. The van der Waals surface area contributed by atoms with Gasteiger partial charge in [0.15, 0.2) is 0 Å². The Kier molecular flexibility index (Phi) is 9.78. The third kappa shape index (κ3) is 8.34. The van der Waals surface area contributed by atoms with Gasteiger partial charge in [0.2, 0.25) is 11.8 Å². The number of ether oxygens (including phenoxy) is 1. The van der Waals surface area contributed by atoms with Gasteiger partial charge in [0.25, 0.3) is 0 Å². The molecule has 2 unspecified atom stereocenters. The van der Waals surface area contributed by atoms with Crippen molar-refractivity contribution in [2.45, 2.75) is 90.1 Å². The average Bonchev–Trinajstić information content (AvgIpc) is 2.81. The zero-order valence-corrected chi connectivity index (χ0v) is 23.6. The number of phenols is 1. The van der Waals surface area contributed by atoms with Gasteiger partial charge in [-0.2, -0.15) is 0 Å². The molecule has 1 fully saturated rings. The summed E-state index contributed by atoms with van der Waals surface area (Å²) in [5.41, 5.74) is 1.50. The molecular formula is C31H41N3O5. The SMILES string of the molecule is C=Cc1cccc(C(C(=O)NC(C)C)N(C(=O)C(Cc2ccc(O)cc2)NC(=O)OC(C)(C)C)C2CCC2)c1. The Morgan fingerprint density at radius 3 is 2.31 bits per heavy atom. The summed E-state index contributed by atoms with van der Waals surface area (Å²) in [4.78, 5) is 42.6. The molecule has 1 aliphatic carbocycles. The van der Waals surface area contributed by atoms with E-state index in [2.05, 4.69) is 17.2 Å². The number of rotatable bonds is 10. The van der Waals surface area contributed by atoms with Gasteiger partial charge in [-0.25, -0.2) is 4.79 Å². The van der Waals surface area contributed by atoms with Crippen molar-refractivity contribution in [2.75, 3.05) is 0 Å². The van der Waals surface area contributed by atoms with Gasteiger partial charge in [-0.15, -0.1) is 0 Å². The number of benzene rings is 2. The van der Waals surface area contributed by atoms with E-state index in [0.717, 1.165) is 30.4 Å². The molecule has 2 aromatic rings. The fourth-order valence-electron chi connectivity index (χ4n) is 4.54. The number of hydrogen-bond acceptors (Lipinski definition) is 5. The Balaban J connectivity index is 2.06. The van der Waals surface area contributed by atoms with Crippen molar-refractivity contribution in [1.29, 1.82) is 0 Å². The molecule has 2 aromatic carbocycles. The van der Waals surface area contributed by atoms with E-state index >= 15 is 0 Å².